The van der Waals surface area contributed by atoms with Crippen LogP contribution in [-0.2, 0) is 0 Å². The molecule has 0 aliphatic carbocycles. The molecule has 3 rings (SSSR count). The molecule has 0 fully saturated rings. The lowest BCUT2D eigenvalue weighted by Gasteiger charge is -2.04. The molecule has 3 aromatic rings. The number of oxazole rings is 1. The van der Waals surface area contributed by atoms with Crippen molar-refractivity contribution in [2.75, 3.05) is 0 Å². The van der Waals surface area contributed by atoms with Crippen LogP contribution < -0.4 is 0 Å². The van der Waals surface area contributed by atoms with Gasteiger partial charge in [0.15, 0.2) is 11.5 Å². The Morgan fingerprint density at radius 1 is 1.32 bits per heavy atom. The summed E-state index contributed by atoms with van der Waals surface area (Å²) in [6, 6.07) is 9.43. The summed E-state index contributed by atoms with van der Waals surface area (Å²) >= 11 is 5.93. The van der Waals surface area contributed by atoms with Crippen molar-refractivity contribution in [2.45, 2.75) is 6.92 Å². The molecule has 2 aromatic heterocycles. The molecule has 0 radical (unpaired) electrons. The third-order valence-corrected chi connectivity index (χ3v) is 3.11. The number of halogens is 1. The lowest BCUT2D eigenvalue weighted by atomic mass is 10.0. The van der Waals surface area contributed by atoms with Crippen LogP contribution in [0.2, 0.25) is 5.15 Å². The van der Waals surface area contributed by atoms with E-state index in [-0.39, 0.29) is 5.15 Å². The Kier molecular flexibility index (Phi) is 2.69. The molecule has 0 aliphatic rings. The molecule has 0 unspecified atom stereocenters. The van der Waals surface area contributed by atoms with Crippen molar-refractivity contribution in [3.8, 4) is 17.2 Å². The summed E-state index contributed by atoms with van der Waals surface area (Å²) < 4.78 is 5.49. The number of nitriles is 1. The second kappa shape index (κ2) is 4.38. The largest absolute Gasteiger partial charge is 0.441 e. The van der Waals surface area contributed by atoms with Gasteiger partial charge in [0.05, 0.1) is 5.56 Å². The highest BCUT2D eigenvalue weighted by Crippen LogP contribution is 2.29. The third kappa shape index (κ3) is 1.94. The summed E-state index contributed by atoms with van der Waals surface area (Å²) in [5.41, 5.74) is 3.43. The molecule has 0 saturated heterocycles. The maximum atomic E-state index is 9.17. The van der Waals surface area contributed by atoms with Gasteiger partial charge in [0, 0.05) is 18.7 Å². The number of hydrogen-bond acceptors (Lipinski definition) is 4. The van der Waals surface area contributed by atoms with Crippen molar-refractivity contribution >= 4 is 22.7 Å². The number of aryl methyl sites for hydroxylation is 1. The topological polar surface area (TPSA) is 62.7 Å². The van der Waals surface area contributed by atoms with Crippen LogP contribution in [0.15, 0.2) is 34.9 Å². The summed E-state index contributed by atoms with van der Waals surface area (Å²) in [7, 11) is 0. The van der Waals surface area contributed by atoms with Crippen LogP contribution in [0.4, 0.5) is 0 Å². The molecular weight excluding hydrogens is 262 g/mol. The summed E-state index contributed by atoms with van der Waals surface area (Å²) in [6.45, 7) is 1.80. The minimum absolute atomic E-state index is 0.203. The summed E-state index contributed by atoms with van der Waals surface area (Å²) in [6.07, 6.45) is 1.58. The molecular formula is C14H8ClN3O. The number of benzene rings is 1. The van der Waals surface area contributed by atoms with Crippen LogP contribution in [0.3, 0.4) is 0 Å². The molecule has 0 amide bonds. The molecule has 0 saturated carbocycles. The van der Waals surface area contributed by atoms with E-state index in [1.807, 2.05) is 18.2 Å². The Morgan fingerprint density at radius 3 is 2.95 bits per heavy atom. The zero-order chi connectivity index (χ0) is 13.4. The predicted molar refractivity (Wildman–Crippen MR) is 71.7 cm³/mol. The fourth-order valence-electron chi connectivity index (χ4n) is 1.99. The van der Waals surface area contributed by atoms with Crippen molar-refractivity contribution in [2.24, 2.45) is 0 Å². The van der Waals surface area contributed by atoms with Crippen molar-refractivity contribution in [3.05, 3.63) is 47.1 Å². The quantitative estimate of drug-likeness (QED) is 0.632. The third-order valence-electron chi connectivity index (χ3n) is 2.82. The molecule has 92 valence electrons. The van der Waals surface area contributed by atoms with Crippen LogP contribution in [0.25, 0.3) is 22.2 Å². The highest BCUT2D eigenvalue weighted by molar-refractivity contribution is 6.31. The second-order valence-corrected chi connectivity index (χ2v) is 4.41. The first kappa shape index (κ1) is 11.7. The average molecular weight is 270 g/mol. The monoisotopic (exact) mass is 269 g/mol. The highest BCUT2D eigenvalue weighted by atomic mass is 35.5. The SMILES string of the molecule is Cc1nc2ccc(-c3ccnc(Cl)c3C#N)cc2o1. The zero-order valence-electron chi connectivity index (χ0n) is 10.0. The van der Waals surface area contributed by atoms with E-state index in [0.717, 1.165) is 16.6 Å². The highest BCUT2D eigenvalue weighted by Gasteiger charge is 2.11. The lowest BCUT2D eigenvalue weighted by molar-refractivity contribution is 0.561. The zero-order valence-corrected chi connectivity index (χ0v) is 10.8. The van der Waals surface area contributed by atoms with Gasteiger partial charge in [-0.05, 0) is 23.8 Å². The maximum absolute atomic E-state index is 9.17. The van der Waals surface area contributed by atoms with E-state index in [9.17, 15) is 0 Å². The van der Waals surface area contributed by atoms with E-state index >= 15 is 0 Å². The molecule has 0 atom stereocenters. The van der Waals surface area contributed by atoms with Gasteiger partial charge in [0.1, 0.15) is 16.7 Å². The first-order chi connectivity index (χ1) is 9.19. The number of hydrogen-bond donors (Lipinski definition) is 0. The molecule has 2 heterocycles. The van der Waals surface area contributed by atoms with E-state index in [1.165, 1.54) is 0 Å². The molecule has 1 aromatic carbocycles. The summed E-state index contributed by atoms with van der Waals surface area (Å²) in [5, 5.41) is 9.37. The van der Waals surface area contributed by atoms with E-state index in [4.69, 9.17) is 21.3 Å². The van der Waals surface area contributed by atoms with Crippen LogP contribution >= 0.6 is 11.6 Å². The maximum Gasteiger partial charge on any atom is 0.192 e. The average Bonchev–Trinajstić information content (AvgIpc) is 2.77. The van der Waals surface area contributed by atoms with E-state index in [2.05, 4.69) is 16.0 Å². The van der Waals surface area contributed by atoms with Crippen LogP contribution in [0, 0.1) is 18.3 Å². The second-order valence-electron chi connectivity index (χ2n) is 4.05. The van der Waals surface area contributed by atoms with Crippen LogP contribution in [0.5, 0.6) is 0 Å². The van der Waals surface area contributed by atoms with Gasteiger partial charge in [-0.15, -0.1) is 0 Å². The van der Waals surface area contributed by atoms with Gasteiger partial charge >= 0.3 is 0 Å². The van der Waals surface area contributed by atoms with Gasteiger partial charge in [-0.2, -0.15) is 5.26 Å². The van der Waals surface area contributed by atoms with Gasteiger partial charge in [0.25, 0.3) is 0 Å². The number of rotatable bonds is 1. The number of nitrogens with zero attached hydrogens (tertiary/aromatic N) is 3. The smallest absolute Gasteiger partial charge is 0.192 e. The molecule has 0 bridgehead atoms. The van der Waals surface area contributed by atoms with Crippen LogP contribution in [0.1, 0.15) is 11.5 Å². The summed E-state index contributed by atoms with van der Waals surface area (Å²) in [4.78, 5) is 8.15. The molecule has 0 N–H and O–H groups in total. The Labute approximate surface area is 114 Å². The van der Waals surface area contributed by atoms with Crippen molar-refractivity contribution in [1.82, 2.24) is 9.97 Å². The molecule has 5 heteroatoms. The van der Waals surface area contributed by atoms with E-state index < -0.39 is 0 Å². The van der Waals surface area contributed by atoms with Gasteiger partial charge in [-0.25, -0.2) is 9.97 Å². The standard InChI is InChI=1S/C14H8ClN3O/c1-8-18-12-3-2-9(6-13(12)19-8)10-4-5-17-14(15)11(10)7-16/h2-6H,1H3. The van der Waals surface area contributed by atoms with Crippen molar-refractivity contribution in [3.63, 3.8) is 0 Å². The molecule has 0 spiro atoms. The van der Waals surface area contributed by atoms with E-state index in [1.54, 1.807) is 19.2 Å². The van der Waals surface area contributed by atoms with Crippen molar-refractivity contribution in [1.29, 1.82) is 5.26 Å². The number of fused-ring (bicyclic) bond motifs is 1. The number of pyridine rings is 1. The molecule has 0 aliphatic heterocycles. The Balaban J connectivity index is 2.25. The Bertz CT molecular complexity index is 817. The van der Waals surface area contributed by atoms with Gasteiger partial charge in [0.2, 0.25) is 0 Å². The van der Waals surface area contributed by atoms with Crippen LogP contribution in [-0.4, -0.2) is 9.97 Å². The summed E-state index contributed by atoms with van der Waals surface area (Å²) in [5.74, 6) is 0.611. The number of aromatic nitrogens is 2. The van der Waals surface area contributed by atoms with Gasteiger partial charge < -0.3 is 4.42 Å². The first-order valence-corrected chi connectivity index (χ1v) is 5.99. The predicted octanol–water partition coefficient (Wildman–Crippen LogP) is 3.72. The molecule has 19 heavy (non-hydrogen) atoms. The Morgan fingerprint density at radius 2 is 2.16 bits per heavy atom. The fourth-order valence-corrected chi connectivity index (χ4v) is 2.19. The van der Waals surface area contributed by atoms with Gasteiger partial charge in [-0.1, -0.05) is 17.7 Å². The normalized spacial score (nSPS) is 10.6. The van der Waals surface area contributed by atoms with E-state index in [0.29, 0.717) is 17.0 Å². The minimum Gasteiger partial charge on any atom is -0.441 e. The lowest BCUT2D eigenvalue weighted by Crippen LogP contribution is -1.88. The first-order valence-electron chi connectivity index (χ1n) is 5.61. The fraction of sp³-hybridized carbons (Fsp3) is 0.0714. The van der Waals surface area contributed by atoms with Gasteiger partial charge in [-0.3, -0.25) is 0 Å². The molecule has 4 nitrogen and oxygen atoms in total. The Hall–Kier alpha value is -2.38. The minimum atomic E-state index is 0.203. The van der Waals surface area contributed by atoms with Crippen molar-refractivity contribution < 1.29 is 4.42 Å².